The van der Waals surface area contributed by atoms with E-state index in [0.29, 0.717) is 5.54 Å². The lowest BCUT2D eigenvalue weighted by Crippen LogP contribution is -2.51. The van der Waals surface area contributed by atoms with Crippen molar-refractivity contribution >= 4 is 16.5 Å². The van der Waals surface area contributed by atoms with E-state index in [1.165, 1.54) is 32.2 Å². The number of hydrogen-bond donors (Lipinski definition) is 0. The molecule has 1 spiro atoms. The average molecular weight is 238 g/mol. The van der Waals surface area contributed by atoms with Gasteiger partial charge < -0.3 is 4.90 Å². The summed E-state index contributed by atoms with van der Waals surface area (Å²) in [5, 5.41) is 9.20. The highest BCUT2D eigenvalue weighted by Crippen LogP contribution is 2.37. The van der Waals surface area contributed by atoms with Crippen molar-refractivity contribution < 1.29 is 0 Å². The second-order valence-corrected chi connectivity index (χ2v) is 5.81. The topological polar surface area (TPSA) is 32.3 Å². The molecule has 16 heavy (non-hydrogen) atoms. The molecular weight excluding hydrogens is 220 g/mol. The summed E-state index contributed by atoms with van der Waals surface area (Å²) in [6.45, 7) is 3.53. The molecule has 0 saturated carbocycles. The molecule has 1 aromatic rings. The van der Waals surface area contributed by atoms with Crippen LogP contribution in [0.3, 0.4) is 0 Å². The largest absolute Gasteiger partial charge is 0.345 e. The van der Waals surface area contributed by atoms with Crippen molar-refractivity contribution in [3.05, 3.63) is 5.51 Å². The number of piperidine rings is 1. The Labute approximate surface area is 100 Å². The molecule has 1 atom stereocenters. The molecule has 0 amide bonds. The van der Waals surface area contributed by atoms with Crippen molar-refractivity contribution in [3.63, 3.8) is 0 Å². The molecule has 3 heterocycles. The van der Waals surface area contributed by atoms with Gasteiger partial charge in [0.15, 0.2) is 0 Å². The van der Waals surface area contributed by atoms with Crippen LogP contribution >= 0.6 is 11.3 Å². The van der Waals surface area contributed by atoms with E-state index in [-0.39, 0.29) is 0 Å². The number of hydrogen-bond acceptors (Lipinski definition) is 5. The molecule has 88 valence electrons. The Balaban J connectivity index is 1.76. The molecule has 0 bridgehead atoms. The van der Waals surface area contributed by atoms with Crippen LogP contribution < -0.4 is 4.90 Å². The van der Waals surface area contributed by atoms with E-state index in [0.717, 1.165) is 18.2 Å². The highest BCUT2D eigenvalue weighted by Gasteiger charge is 2.43. The zero-order chi connectivity index (χ0) is 11.0. The molecular formula is C11H18N4S. The van der Waals surface area contributed by atoms with Gasteiger partial charge in [0.25, 0.3) is 0 Å². The first-order chi connectivity index (χ1) is 7.80. The third kappa shape index (κ3) is 1.62. The van der Waals surface area contributed by atoms with Crippen LogP contribution in [0.2, 0.25) is 0 Å². The van der Waals surface area contributed by atoms with E-state index in [1.54, 1.807) is 11.3 Å². The Morgan fingerprint density at radius 3 is 3.00 bits per heavy atom. The Bertz CT molecular complexity index is 353. The summed E-state index contributed by atoms with van der Waals surface area (Å²) in [7, 11) is 2.28. The first-order valence-corrected chi connectivity index (χ1v) is 6.91. The number of anilines is 1. The van der Waals surface area contributed by atoms with Gasteiger partial charge in [-0.2, -0.15) is 0 Å². The normalized spacial score (nSPS) is 31.4. The van der Waals surface area contributed by atoms with Crippen LogP contribution in [0.1, 0.15) is 25.7 Å². The van der Waals surface area contributed by atoms with Gasteiger partial charge in [-0.15, -0.1) is 10.2 Å². The molecule has 3 rings (SSSR count). The molecule has 5 heteroatoms. The highest BCUT2D eigenvalue weighted by atomic mass is 32.1. The summed E-state index contributed by atoms with van der Waals surface area (Å²) >= 11 is 1.65. The molecule has 0 aliphatic carbocycles. The monoisotopic (exact) mass is 238 g/mol. The number of nitrogens with zero attached hydrogens (tertiary/aromatic N) is 4. The standard InChI is InChI=1S/C11H18N4S/c1-14-6-3-2-4-11(14)5-7-15(8-11)10-13-12-9-16-10/h9H,2-8H2,1H3/t11-/m1/s1. The summed E-state index contributed by atoms with van der Waals surface area (Å²) in [4.78, 5) is 4.97. The highest BCUT2D eigenvalue weighted by molar-refractivity contribution is 7.13. The molecule has 0 N–H and O–H groups in total. The zero-order valence-corrected chi connectivity index (χ0v) is 10.5. The lowest BCUT2D eigenvalue weighted by molar-refractivity contribution is 0.0928. The van der Waals surface area contributed by atoms with Gasteiger partial charge in [0.2, 0.25) is 5.13 Å². The van der Waals surface area contributed by atoms with Gasteiger partial charge in [0.1, 0.15) is 5.51 Å². The van der Waals surface area contributed by atoms with Crippen LogP contribution in [0.5, 0.6) is 0 Å². The Kier molecular flexibility index (Phi) is 2.59. The summed E-state index contributed by atoms with van der Waals surface area (Å²) in [5.74, 6) is 0. The lowest BCUT2D eigenvalue weighted by Gasteiger charge is -2.42. The summed E-state index contributed by atoms with van der Waals surface area (Å²) in [6.07, 6.45) is 5.37. The van der Waals surface area contributed by atoms with Crippen LogP contribution in [0.25, 0.3) is 0 Å². The molecule has 0 aromatic carbocycles. The predicted molar refractivity (Wildman–Crippen MR) is 66.0 cm³/mol. The van der Waals surface area contributed by atoms with Crippen LogP contribution in [0, 0.1) is 0 Å². The van der Waals surface area contributed by atoms with Crippen molar-refractivity contribution in [3.8, 4) is 0 Å². The van der Waals surface area contributed by atoms with Gasteiger partial charge in [-0.3, -0.25) is 4.90 Å². The maximum absolute atomic E-state index is 4.18. The van der Waals surface area contributed by atoms with Crippen LogP contribution in [0.4, 0.5) is 5.13 Å². The molecule has 4 nitrogen and oxygen atoms in total. The van der Waals surface area contributed by atoms with Gasteiger partial charge in [-0.05, 0) is 32.9 Å². The number of rotatable bonds is 1. The van der Waals surface area contributed by atoms with Crippen molar-refractivity contribution in [1.29, 1.82) is 0 Å². The van der Waals surface area contributed by atoms with E-state index in [9.17, 15) is 0 Å². The fourth-order valence-corrected chi connectivity index (χ4v) is 3.66. The van der Waals surface area contributed by atoms with Crippen molar-refractivity contribution in [2.75, 3.05) is 31.6 Å². The van der Waals surface area contributed by atoms with Crippen LogP contribution in [0.15, 0.2) is 5.51 Å². The predicted octanol–water partition coefficient (Wildman–Crippen LogP) is 1.60. The molecule has 0 unspecified atom stereocenters. The second-order valence-electron chi connectivity index (χ2n) is 5.00. The fourth-order valence-electron chi connectivity index (χ4n) is 3.07. The first-order valence-electron chi connectivity index (χ1n) is 6.03. The molecule has 1 aromatic heterocycles. The summed E-state index contributed by atoms with van der Waals surface area (Å²) < 4.78 is 0. The van der Waals surface area contributed by atoms with Crippen molar-refractivity contribution in [1.82, 2.24) is 15.1 Å². The fraction of sp³-hybridized carbons (Fsp3) is 0.818. The van der Waals surface area contributed by atoms with Crippen molar-refractivity contribution in [2.24, 2.45) is 0 Å². The minimum atomic E-state index is 0.421. The van der Waals surface area contributed by atoms with E-state index in [1.807, 2.05) is 5.51 Å². The van der Waals surface area contributed by atoms with Gasteiger partial charge in [-0.1, -0.05) is 17.8 Å². The molecule has 2 saturated heterocycles. The minimum absolute atomic E-state index is 0.421. The van der Waals surface area contributed by atoms with Crippen LogP contribution in [-0.4, -0.2) is 47.3 Å². The summed E-state index contributed by atoms with van der Waals surface area (Å²) in [5.41, 5.74) is 2.24. The van der Waals surface area contributed by atoms with Gasteiger partial charge in [0.05, 0.1) is 0 Å². The molecule has 2 fully saturated rings. The SMILES string of the molecule is CN1CCCC[C@]12CCN(c1nncs1)C2. The van der Waals surface area contributed by atoms with Gasteiger partial charge >= 0.3 is 0 Å². The number of likely N-dealkylation sites (tertiary alicyclic amines) is 1. The van der Waals surface area contributed by atoms with E-state index in [4.69, 9.17) is 0 Å². The molecule has 2 aliphatic rings. The van der Waals surface area contributed by atoms with Gasteiger partial charge in [-0.25, -0.2) is 0 Å². The molecule has 2 aliphatic heterocycles. The quantitative estimate of drug-likeness (QED) is 0.744. The van der Waals surface area contributed by atoms with E-state index < -0.39 is 0 Å². The third-order valence-corrected chi connectivity index (χ3v) is 4.90. The second kappa shape index (κ2) is 3.96. The average Bonchev–Trinajstić information content (AvgIpc) is 2.92. The lowest BCUT2D eigenvalue weighted by atomic mass is 9.86. The summed E-state index contributed by atoms with van der Waals surface area (Å²) in [6, 6.07) is 0. The Morgan fingerprint density at radius 2 is 2.25 bits per heavy atom. The van der Waals surface area contributed by atoms with Crippen LogP contribution in [-0.2, 0) is 0 Å². The maximum Gasteiger partial charge on any atom is 0.208 e. The number of aromatic nitrogens is 2. The van der Waals surface area contributed by atoms with E-state index >= 15 is 0 Å². The van der Waals surface area contributed by atoms with Gasteiger partial charge in [0, 0.05) is 18.6 Å². The van der Waals surface area contributed by atoms with E-state index in [2.05, 4.69) is 27.0 Å². The van der Waals surface area contributed by atoms with Crippen molar-refractivity contribution in [2.45, 2.75) is 31.2 Å². The third-order valence-electron chi connectivity index (χ3n) is 4.15. The first kappa shape index (κ1) is 10.5. The molecule has 0 radical (unpaired) electrons. The zero-order valence-electron chi connectivity index (χ0n) is 9.72. The minimum Gasteiger partial charge on any atom is -0.345 e. The Hall–Kier alpha value is -0.680. The smallest absolute Gasteiger partial charge is 0.208 e. The Morgan fingerprint density at radius 1 is 1.31 bits per heavy atom. The maximum atomic E-state index is 4.18. The number of likely N-dealkylation sites (N-methyl/N-ethyl adjacent to an activating group) is 1.